The topological polar surface area (TPSA) is 33.1 Å². The molecule has 102 valence electrons. The van der Waals surface area contributed by atoms with Crippen molar-refractivity contribution >= 4 is 17.0 Å². The second-order valence-corrected chi connectivity index (χ2v) is 5.44. The summed E-state index contributed by atoms with van der Waals surface area (Å²) < 4.78 is 2.23. The van der Waals surface area contributed by atoms with E-state index in [4.69, 9.17) is 4.98 Å². The summed E-state index contributed by atoms with van der Waals surface area (Å²) in [5.41, 5.74) is 4.99. The molecule has 1 aromatic heterocycles. The lowest BCUT2D eigenvalue weighted by atomic mass is 10.1. The first-order valence-corrected chi connectivity index (χ1v) is 7.07. The third kappa shape index (κ3) is 2.10. The van der Waals surface area contributed by atoms with Crippen LogP contribution in [-0.4, -0.2) is 35.7 Å². The second-order valence-electron chi connectivity index (χ2n) is 5.44. The summed E-state index contributed by atoms with van der Waals surface area (Å²) in [6, 6.07) is 4.37. The Kier molecular flexibility index (Phi) is 3.19. The monoisotopic (exact) mass is 258 g/mol. The van der Waals surface area contributed by atoms with E-state index in [1.807, 2.05) is 0 Å². The highest BCUT2D eigenvalue weighted by Gasteiger charge is 2.17. The third-order valence-corrected chi connectivity index (χ3v) is 4.18. The van der Waals surface area contributed by atoms with Gasteiger partial charge in [-0.05, 0) is 44.0 Å². The SMILES string of the molecule is Cc1ccc2c(nc(N3CCCNCC3)n2C)c1C. The van der Waals surface area contributed by atoms with Crippen molar-refractivity contribution in [2.24, 2.45) is 7.05 Å². The second kappa shape index (κ2) is 4.85. The fourth-order valence-corrected chi connectivity index (χ4v) is 2.81. The van der Waals surface area contributed by atoms with Gasteiger partial charge in [0.1, 0.15) is 0 Å². The fraction of sp³-hybridized carbons (Fsp3) is 0.533. The maximum Gasteiger partial charge on any atom is 0.206 e. The minimum Gasteiger partial charge on any atom is -0.341 e. The van der Waals surface area contributed by atoms with E-state index in [-0.39, 0.29) is 0 Å². The van der Waals surface area contributed by atoms with Gasteiger partial charge in [0.25, 0.3) is 0 Å². The van der Waals surface area contributed by atoms with E-state index in [0.717, 1.165) is 37.6 Å². The molecular weight excluding hydrogens is 236 g/mol. The Labute approximate surface area is 114 Å². The predicted molar refractivity (Wildman–Crippen MR) is 79.9 cm³/mol. The first-order chi connectivity index (χ1) is 9.18. The number of anilines is 1. The summed E-state index contributed by atoms with van der Waals surface area (Å²) in [6.45, 7) is 8.59. The quantitative estimate of drug-likeness (QED) is 0.849. The molecule has 19 heavy (non-hydrogen) atoms. The first kappa shape index (κ1) is 12.5. The molecule has 0 radical (unpaired) electrons. The van der Waals surface area contributed by atoms with E-state index in [0.29, 0.717) is 0 Å². The van der Waals surface area contributed by atoms with Gasteiger partial charge in [0, 0.05) is 26.7 Å². The number of aryl methyl sites for hydroxylation is 3. The zero-order valence-electron chi connectivity index (χ0n) is 12.0. The molecule has 1 saturated heterocycles. The van der Waals surface area contributed by atoms with Crippen LogP contribution in [0.25, 0.3) is 11.0 Å². The van der Waals surface area contributed by atoms with Gasteiger partial charge in [0.2, 0.25) is 5.95 Å². The predicted octanol–water partition coefficient (Wildman–Crippen LogP) is 1.99. The molecule has 0 unspecified atom stereocenters. The van der Waals surface area contributed by atoms with Gasteiger partial charge in [0.15, 0.2) is 0 Å². The van der Waals surface area contributed by atoms with Crippen LogP contribution in [0.15, 0.2) is 12.1 Å². The molecule has 1 aliphatic rings. The van der Waals surface area contributed by atoms with Crippen molar-refractivity contribution in [3.8, 4) is 0 Å². The molecule has 0 spiro atoms. The van der Waals surface area contributed by atoms with Gasteiger partial charge in [-0.3, -0.25) is 0 Å². The van der Waals surface area contributed by atoms with Crippen molar-refractivity contribution in [2.45, 2.75) is 20.3 Å². The van der Waals surface area contributed by atoms with Crippen molar-refractivity contribution in [3.63, 3.8) is 0 Å². The number of nitrogens with zero attached hydrogens (tertiary/aromatic N) is 3. The van der Waals surface area contributed by atoms with Crippen LogP contribution in [0, 0.1) is 13.8 Å². The summed E-state index contributed by atoms with van der Waals surface area (Å²) in [4.78, 5) is 7.30. The number of hydrogen-bond donors (Lipinski definition) is 1. The number of rotatable bonds is 1. The highest BCUT2D eigenvalue weighted by Crippen LogP contribution is 2.25. The van der Waals surface area contributed by atoms with Crippen LogP contribution in [0.2, 0.25) is 0 Å². The lowest BCUT2D eigenvalue weighted by Crippen LogP contribution is -2.29. The highest BCUT2D eigenvalue weighted by molar-refractivity contribution is 5.83. The Morgan fingerprint density at radius 2 is 2.00 bits per heavy atom. The molecule has 0 saturated carbocycles. The highest BCUT2D eigenvalue weighted by atomic mass is 15.3. The maximum absolute atomic E-state index is 4.90. The van der Waals surface area contributed by atoms with Gasteiger partial charge < -0.3 is 14.8 Å². The lowest BCUT2D eigenvalue weighted by molar-refractivity contribution is 0.724. The van der Waals surface area contributed by atoms with Gasteiger partial charge in [-0.2, -0.15) is 0 Å². The van der Waals surface area contributed by atoms with E-state index >= 15 is 0 Å². The molecule has 4 nitrogen and oxygen atoms in total. The lowest BCUT2D eigenvalue weighted by Gasteiger charge is -2.20. The molecule has 1 aliphatic heterocycles. The number of fused-ring (bicyclic) bond motifs is 1. The molecule has 2 heterocycles. The number of nitrogens with one attached hydrogen (secondary N) is 1. The van der Waals surface area contributed by atoms with E-state index in [1.54, 1.807) is 0 Å². The molecule has 4 heteroatoms. The van der Waals surface area contributed by atoms with Gasteiger partial charge >= 0.3 is 0 Å². The minimum absolute atomic E-state index is 1.04. The van der Waals surface area contributed by atoms with Crippen molar-refractivity contribution < 1.29 is 0 Å². The van der Waals surface area contributed by atoms with E-state index < -0.39 is 0 Å². The number of imidazole rings is 1. The standard InChI is InChI=1S/C15H22N4/c1-11-5-6-13-14(12(11)2)17-15(18(13)3)19-9-4-7-16-8-10-19/h5-6,16H,4,7-10H2,1-3H3. The Morgan fingerprint density at radius 3 is 2.84 bits per heavy atom. The average Bonchev–Trinajstić information content (AvgIpc) is 2.61. The van der Waals surface area contributed by atoms with Crippen molar-refractivity contribution in [3.05, 3.63) is 23.3 Å². The van der Waals surface area contributed by atoms with Gasteiger partial charge in [-0.1, -0.05) is 6.07 Å². The van der Waals surface area contributed by atoms with Crippen LogP contribution >= 0.6 is 0 Å². The fourth-order valence-electron chi connectivity index (χ4n) is 2.81. The van der Waals surface area contributed by atoms with Crippen LogP contribution in [0.3, 0.4) is 0 Å². The van der Waals surface area contributed by atoms with Crippen LogP contribution in [0.5, 0.6) is 0 Å². The molecule has 1 aromatic carbocycles. The summed E-state index contributed by atoms with van der Waals surface area (Å²) in [7, 11) is 2.12. The normalized spacial score (nSPS) is 16.9. The molecule has 2 aromatic rings. The minimum atomic E-state index is 1.04. The number of hydrogen-bond acceptors (Lipinski definition) is 3. The van der Waals surface area contributed by atoms with Crippen LogP contribution in [0.4, 0.5) is 5.95 Å². The zero-order valence-corrected chi connectivity index (χ0v) is 12.0. The zero-order chi connectivity index (χ0) is 13.4. The largest absolute Gasteiger partial charge is 0.341 e. The molecule has 3 rings (SSSR count). The van der Waals surface area contributed by atoms with Gasteiger partial charge in [-0.15, -0.1) is 0 Å². The van der Waals surface area contributed by atoms with E-state index in [9.17, 15) is 0 Å². The van der Waals surface area contributed by atoms with Crippen LogP contribution < -0.4 is 10.2 Å². The van der Waals surface area contributed by atoms with Crippen LogP contribution in [0.1, 0.15) is 17.5 Å². The third-order valence-electron chi connectivity index (χ3n) is 4.18. The van der Waals surface area contributed by atoms with Gasteiger partial charge in [0.05, 0.1) is 11.0 Å². The number of aromatic nitrogens is 2. The summed E-state index contributed by atoms with van der Waals surface area (Å²) in [5.74, 6) is 1.10. The molecule has 0 bridgehead atoms. The Balaban J connectivity index is 2.08. The summed E-state index contributed by atoms with van der Waals surface area (Å²) in [5, 5.41) is 3.44. The molecule has 0 amide bonds. The van der Waals surface area contributed by atoms with E-state index in [2.05, 4.69) is 47.8 Å². The first-order valence-electron chi connectivity index (χ1n) is 7.07. The molecule has 1 N–H and O–H groups in total. The molecule has 1 fully saturated rings. The average molecular weight is 258 g/mol. The van der Waals surface area contributed by atoms with Crippen molar-refractivity contribution in [1.29, 1.82) is 0 Å². The molecule has 0 aliphatic carbocycles. The van der Waals surface area contributed by atoms with Crippen LogP contribution in [-0.2, 0) is 7.05 Å². The van der Waals surface area contributed by atoms with Gasteiger partial charge in [-0.25, -0.2) is 4.98 Å². The smallest absolute Gasteiger partial charge is 0.206 e. The van der Waals surface area contributed by atoms with Crippen molar-refractivity contribution in [1.82, 2.24) is 14.9 Å². The Hall–Kier alpha value is -1.55. The number of benzene rings is 1. The summed E-state index contributed by atoms with van der Waals surface area (Å²) >= 11 is 0. The van der Waals surface area contributed by atoms with Crippen molar-refractivity contribution in [2.75, 3.05) is 31.1 Å². The van der Waals surface area contributed by atoms with E-state index in [1.165, 1.54) is 23.1 Å². The molecular formula is C15H22N4. The Morgan fingerprint density at radius 1 is 1.16 bits per heavy atom. The maximum atomic E-state index is 4.90. The Bertz CT molecular complexity index is 592. The molecule has 0 atom stereocenters. The summed E-state index contributed by atoms with van der Waals surface area (Å²) in [6.07, 6.45) is 1.18.